The maximum atomic E-state index is 12.3. The van der Waals surface area contributed by atoms with Crippen LogP contribution in [0.5, 0.6) is 0 Å². The van der Waals surface area contributed by atoms with Gasteiger partial charge in [0.1, 0.15) is 34.6 Å². The van der Waals surface area contributed by atoms with Crippen LogP contribution in [0, 0.1) is 53.3 Å². The number of rotatable bonds is 54. The molecule has 0 radical (unpaired) electrons. The summed E-state index contributed by atoms with van der Waals surface area (Å²) in [7, 11) is 0. The number of hydrogen-bond acceptors (Lipinski definition) is 18. The van der Waals surface area contributed by atoms with Crippen molar-refractivity contribution in [2.24, 2.45) is 32.5 Å². The fourth-order valence-electron chi connectivity index (χ4n) is 14.5. The second-order valence-corrected chi connectivity index (χ2v) is 37.0. The molecule has 6 heterocycles. The molecule has 0 bridgehead atoms. The van der Waals surface area contributed by atoms with Crippen LogP contribution in [-0.2, 0) is 38.5 Å². The van der Waals surface area contributed by atoms with E-state index in [4.69, 9.17) is 27.1 Å². The molecule has 4 atom stereocenters. The summed E-state index contributed by atoms with van der Waals surface area (Å²) in [4.78, 5) is 72.8. The van der Waals surface area contributed by atoms with Gasteiger partial charge in [0.05, 0.1) is 0 Å². The minimum atomic E-state index is -0.146. The van der Waals surface area contributed by atoms with Crippen molar-refractivity contribution in [1.29, 1.82) is 0 Å². The van der Waals surface area contributed by atoms with Crippen LogP contribution in [0.25, 0.3) is 0 Å². The largest absolute Gasteiger partial charge is 0.361 e. The first-order chi connectivity index (χ1) is 58.4. The van der Waals surface area contributed by atoms with Gasteiger partial charge in [-0.1, -0.05) is 326 Å². The predicted octanol–water partition coefficient (Wildman–Crippen LogP) is 24.7. The number of carbonyl (C=O) groups excluding carboxylic acids is 6. The van der Waals surface area contributed by atoms with Crippen molar-refractivity contribution >= 4 is 35.4 Å². The third-order valence-electron chi connectivity index (χ3n) is 24.1. The number of hydrogen-bond donors (Lipinski definition) is 6. The standard InChI is InChI=1S/C18H32N2O2.2C17H30N2O2.2C16H28N2O2.C15H26N2O2/c1-6-9-10-12-18(5,11-7-2)13-19-17(21)16-14(4)15(8-3)22-20-16;1-6-9-10-11-17(5,8-3)12-18-16(20)15-13(4)14(7-2)21-19-15;1-5-8-9-11-17(4,10-6-2)13-18-16(20)15-12-14(7-3)21-19-15;1-6-8-9-10-16(4,5)11-17-15(19)14-12(3)13(7-2)20-18-14;1-5-8-9-10-16(4,7-3)12-17-15(19)14-11-13(6-2)20-18-14;1-5-7-8-9-15(3,4)11-16-14(18)13-10-12(6-2)19-17-13/h6-13H2,1-5H3,(H,19,21);6-12H2,1-5H3,(H,18,20);12H,5-11,13H2,1-4H3,(H,18,20);6-11H2,1-5H3,(H,17,19);11H,5-10,12H2,1-4H3,(H,17,19);10H,5-9,11H2,1-4H3,(H,16,18). The molecule has 702 valence electrons. The molecule has 6 N–H and O–H groups in total. The average Bonchev–Trinajstić information content (AvgIpc) is 1.63. The van der Waals surface area contributed by atoms with Gasteiger partial charge >= 0.3 is 0 Å². The van der Waals surface area contributed by atoms with Crippen molar-refractivity contribution in [3.05, 3.63) is 104 Å². The van der Waals surface area contributed by atoms with Crippen molar-refractivity contribution in [1.82, 2.24) is 62.8 Å². The average molecular weight is 1720 g/mol. The molecule has 6 aromatic heterocycles. The lowest BCUT2D eigenvalue weighted by molar-refractivity contribution is 0.0909. The van der Waals surface area contributed by atoms with Gasteiger partial charge in [-0.05, 0) is 117 Å². The molecular formula is C99H174N12O12. The molecule has 0 aliphatic heterocycles. The zero-order chi connectivity index (χ0) is 92.7. The Balaban J connectivity index is 0.000000738. The molecule has 6 amide bonds. The number of aryl methyl sites for hydroxylation is 6. The molecule has 0 spiro atoms. The van der Waals surface area contributed by atoms with Gasteiger partial charge in [-0.25, -0.2) is 0 Å². The Kier molecular flexibility index (Phi) is 56.5. The minimum Gasteiger partial charge on any atom is -0.361 e. The van der Waals surface area contributed by atoms with E-state index in [9.17, 15) is 28.8 Å². The SMILES string of the molecule is CCCCCC(C)(C)CNC(=O)c1cc(CC)on1.CCCCCC(C)(C)CNC(=O)c1noc(CC)c1C.CCCCCC(C)(CC)CNC(=O)c1cc(CC)on1.CCCCCC(C)(CC)CNC(=O)c1noc(CC)c1C.CCCCCC(C)(CCC)CNC(=O)c1cc(CC)on1.CCCCCC(C)(CCC)CNC(=O)c1noc(CC)c1C. The summed E-state index contributed by atoms with van der Waals surface area (Å²) in [6, 6.07) is 5.15. The van der Waals surface area contributed by atoms with Gasteiger partial charge in [-0.2, -0.15) is 0 Å². The van der Waals surface area contributed by atoms with Crippen LogP contribution >= 0.6 is 0 Å². The van der Waals surface area contributed by atoms with Crippen molar-refractivity contribution in [3.63, 3.8) is 0 Å². The Morgan fingerprint density at radius 3 is 0.707 bits per heavy atom. The summed E-state index contributed by atoms with van der Waals surface area (Å²) >= 11 is 0. The van der Waals surface area contributed by atoms with Crippen LogP contribution in [0.4, 0.5) is 0 Å². The smallest absolute Gasteiger partial charge is 0.273 e. The van der Waals surface area contributed by atoms with Crippen LogP contribution in [0.1, 0.15) is 473 Å². The molecule has 0 aliphatic rings. The third-order valence-corrected chi connectivity index (χ3v) is 24.1. The lowest BCUT2D eigenvalue weighted by Gasteiger charge is -2.29. The molecule has 0 saturated carbocycles. The van der Waals surface area contributed by atoms with Gasteiger partial charge in [-0.15, -0.1) is 0 Å². The second kappa shape index (κ2) is 61.4. The van der Waals surface area contributed by atoms with E-state index in [0.29, 0.717) is 73.4 Å². The van der Waals surface area contributed by atoms with Crippen LogP contribution < -0.4 is 31.9 Å². The van der Waals surface area contributed by atoms with Crippen molar-refractivity contribution < 1.29 is 55.9 Å². The second-order valence-electron chi connectivity index (χ2n) is 37.0. The highest BCUT2D eigenvalue weighted by Crippen LogP contribution is 2.34. The van der Waals surface area contributed by atoms with E-state index in [0.717, 1.165) is 167 Å². The Hall–Kier alpha value is -7.92. The zero-order valence-electron chi connectivity index (χ0n) is 82.5. The first-order valence-corrected chi connectivity index (χ1v) is 47.8. The Morgan fingerprint density at radius 1 is 0.260 bits per heavy atom. The maximum absolute atomic E-state index is 12.3. The van der Waals surface area contributed by atoms with Gasteiger partial charge in [0.25, 0.3) is 35.4 Å². The Bertz CT molecular complexity index is 3860. The van der Waals surface area contributed by atoms with Gasteiger partial charge in [0.15, 0.2) is 34.2 Å². The highest BCUT2D eigenvalue weighted by atomic mass is 16.5. The van der Waals surface area contributed by atoms with Crippen molar-refractivity contribution in [3.8, 4) is 0 Å². The Labute approximate surface area is 743 Å². The van der Waals surface area contributed by atoms with Gasteiger partial charge in [-0.3, -0.25) is 28.8 Å². The van der Waals surface area contributed by atoms with Crippen molar-refractivity contribution in [2.75, 3.05) is 39.3 Å². The van der Waals surface area contributed by atoms with E-state index in [-0.39, 0.29) is 67.9 Å². The number of nitrogens with one attached hydrogen (secondary N) is 6. The molecule has 6 aromatic rings. The normalized spacial score (nSPS) is 13.2. The lowest BCUT2D eigenvalue weighted by Crippen LogP contribution is -2.36. The first kappa shape index (κ1) is 113. The van der Waals surface area contributed by atoms with Crippen molar-refractivity contribution in [2.45, 2.75) is 418 Å². The predicted molar refractivity (Wildman–Crippen MR) is 499 cm³/mol. The molecule has 24 nitrogen and oxygen atoms in total. The topological polar surface area (TPSA) is 331 Å². The summed E-state index contributed by atoms with van der Waals surface area (Å²) in [6.45, 7) is 61.6. The van der Waals surface area contributed by atoms with E-state index in [2.05, 4.69) is 187 Å². The minimum absolute atomic E-state index is 0.112. The van der Waals surface area contributed by atoms with E-state index in [1.54, 1.807) is 18.2 Å². The van der Waals surface area contributed by atoms with E-state index in [1.807, 2.05) is 62.3 Å². The maximum Gasteiger partial charge on any atom is 0.273 e. The molecule has 0 aromatic carbocycles. The molecule has 6 rings (SSSR count). The molecular weight excluding hydrogens is 1550 g/mol. The fourth-order valence-corrected chi connectivity index (χ4v) is 14.5. The van der Waals surface area contributed by atoms with Crippen LogP contribution in [0.2, 0.25) is 0 Å². The van der Waals surface area contributed by atoms with Gasteiger partial charge in [0.2, 0.25) is 0 Å². The summed E-state index contributed by atoms with van der Waals surface area (Å²) < 4.78 is 30.8. The molecule has 0 saturated heterocycles. The molecule has 123 heavy (non-hydrogen) atoms. The monoisotopic (exact) mass is 1720 g/mol. The number of nitrogens with zero attached hydrogens (tertiary/aromatic N) is 6. The summed E-state index contributed by atoms with van der Waals surface area (Å²) in [6.07, 6.45) is 40.3. The molecule has 0 fully saturated rings. The highest BCUT2D eigenvalue weighted by molar-refractivity contribution is 5.95. The molecule has 24 heteroatoms. The molecule has 0 aliphatic carbocycles. The number of aromatic nitrogens is 6. The van der Waals surface area contributed by atoms with E-state index >= 15 is 0 Å². The van der Waals surface area contributed by atoms with Gasteiger partial charge in [0, 0.05) is 113 Å². The van der Waals surface area contributed by atoms with Gasteiger partial charge < -0.3 is 59.0 Å². The first-order valence-electron chi connectivity index (χ1n) is 47.8. The van der Waals surface area contributed by atoms with Crippen LogP contribution in [0.3, 0.4) is 0 Å². The van der Waals surface area contributed by atoms with Crippen LogP contribution in [-0.4, -0.2) is 106 Å². The third kappa shape index (κ3) is 44.2. The summed E-state index contributed by atoms with van der Waals surface area (Å²) in [5, 5.41) is 41.1. The zero-order valence-corrected chi connectivity index (χ0v) is 82.5. The summed E-state index contributed by atoms with van der Waals surface area (Å²) in [5.41, 5.74) is 5.94. The lowest BCUT2D eigenvalue weighted by atomic mass is 9.80. The number of amides is 6. The Morgan fingerprint density at radius 2 is 0.488 bits per heavy atom. The van der Waals surface area contributed by atoms with Crippen LogP contribution in [0.15, 0.2) is 45.3 Å². The fraction of sp³-hybridized carbons (Fsp3) is 0.758. The number of unbranched alkanes of at least 4 members (excludes halogenated alkanes) is 12. The van der Waals surface area contributed by atoms with E-state index in [1.165, 1.54) is 116 Å². The summed E-state index contributed by atoms with van der Waals surface area (Å²) in [5.74, 6) is 3.84. The number of carbonyl (C=O) groups is 6. The highest BCUT2D eigenvalue weighted by Gasteiger charge is 2.31. The quantitative estimate of drug-likeness (QED) is 0.0193. The molecule has 4 unspecified atom stereocenters. The van der Waals surface area contributed by atoms with E-state index < -0.39 is 0 Å².